The Labute approximate surface area is 126 Å². The minimum atomic E-state index is 0.398. The van der Waals surface area contributed by atoms with Crippen molar-refractivity contribution in [3.63, 3.8) is 0 Å². The van der Waals surface area contributed by atoms with Crippen molar-refractivity contribution in [1.82, 2.24) is 15.1 Å². The van der Waals surface area contributed by atoms with Crippen LogP contribution in [0.2, 0.25) is 0 Å². The summed E-state index contributed by atoms with van der Waals surface area (Å²) in [4.78, 5) is 1.48. The molecule has 0 fully saturated rings. The van der Waals surface area contributed by atoms with E-state index in [0.717, 1.165) is 25.8 Å². The highest BCUT2D eigenvalue weighted by molar-refractivity contribution is 7.10. The fourth-order valence-electron chi connectivity index (χ4n) is 2.59. The van der Waals surface area contributed by atoms with E-state index in [1.165, 1.54) is 21.8 Å². The predicted molar refractivity (Wildman–Crippen MR) is 86.4 cm³/mol. The van der Waals surface area contributed by atoms with E-state index in [4.69, 9.17) is 0 Å². The number of hydrogen-bond acceptors (Lipinski definition) is 3. The van der Waals surface area contributed by atoms with Gasteiger partial charge in [-0.1, -0.05) is 20.8 Å². The Morgan fingerprint density at radius 2 is 2.10 bits per heavy atom. The normalized spacial score (nSPS) is 12.8. The van der Waals surface area contributed by atoms with Crippen LogP contribution in [0.1, 0.15) is 48.6 Å². The minimum absolute atomic E-state index is 0.398. The second-order valence-electron chi connectivity index (χ2n) is 5.08. The van der Waals surface area contributed by atoms with Crippen LogP contribution in [0.4, 0.5) is 0 Å². The highest BCUT2D eigenvalue weighted by Crippen LogP contribution is 2.28. The van der Waals surface area contributed by atoms with E-state index in [0.29, 0.717) is 6.04 Å². The Bertz CT molecular complexity index is 542. The van der Waals surface area contributed by atoms with Crippen LogP contribution in [0.3, 0.4) is 0 Å². The molecule has 1 atom stereocenters. The highest BCUT2D eigenvalue weighted by atomic mass is 32.1. The molecule has 3 nitrogen and oxygen atoms in total. The summed E-state index contributed by atoms with van der Waals surface area (Å²) >= 11 is 1.87. The van der Waals surface area contributed by atoms with Crippen LogP contribution in [0.5, 0.6) is 0 Å². The van der Waals surface area contributed by atoms with Gasteiger partial charge in [0.05, 0.1) is 5.69 Å². The second kappa shape index (κ2) is 7.04. The summed E-state index contributed by atoms with van der Waals surface area (Å²) in [5.74, 6) is 0. The van der Waals surface area contributed by atoms with Crippen molar-refractivity contribution in [3.8, 4) is 0 Å². The lowest BCUT2D eigenvalue weighted by molar-refractivity contribution is 0.533. The Balaban J connectivity index is 2.23. The first-order chi connectivity index (χ1) is 9.69. The van der Waals surface area contributed by atoms with Crippen molar-refractivity contribution in [2.24, 2.45) is 7.05 Å². The van der Waals surface area contributed by atoms with Gasteiger partial charge in [-0.3, -0.25) is 4.68 Å². The van der Waals surface area contributed by atoms with Gasteiger partial charge in [-0.2, -0.15) is 5.10 Å². The van der Waals surface area contributed by atoms with Crippen LogP contribution in [0, 0.1) is 0 Å². The van der Waals surface area contributed by atoms with Crippen molar-refractivity contribution < 1.29 is 0 Å². The first-order valence-corrected chi connectivity index (χ1v) is 8.38. The molecule has 0 radical (unpaired) electrons. The summed E-state index contributed by atoms with van der Waals surface area (Å²) in [6.45, 7) is 7.55. The van der Waals surface area contributed by atoms with Gasteiger partial charge < -0.3 is 5.32 Å². The number of thiophene rings is 1. The van der Waals surface area contributed by atoms with Crippen molar-refractivity contribution in [3.05, 3.63) is 39.3 Å². The van der Waals surface area contributed by atoms with Crippen LogP contribution >= 0.6 is 11.3 Å². The molecule has 0 saturated carbocycles. The third-order valence-corrected chi connectivity index (χ3v) is 4.80. The number of aromatic nitrogens is 2. The fourth-order valence-corrected chi connectivity index (χ4v) is 3.67. The zero-order valence-corrected chi connectivity index (χ0v) is 13.8. The zero-order valence-electron chi connectivity index (χ0n) is 12.9. The summed E-state index contributed by atoms with van der Waals surface area (Å²) in [6, 6.07) is 4.89. The molecule has 2 heterocycles. The molecule has 0 aliphatic rings. The minimum Gasteiger partial charge on any atom is -0.309 e. The largest absolute Gasteiger partial charge is 0.309 e. The first kappa shape index (κ1) is 15.3. The smallest absolute Gasteiger partial charge is 0.0624 e. The Hall–Kier alpha value is -1.13. The monoisotopic (exact) mass is 291 g/mol. The predicted octanol–water partition coefficient (Wildman–Crippen LogP) is 3.50. The Morgan fingerprint density at radius 3 is 2.70 bits per heavy atom. The maximum atomic E-state index is 4.56. The molecule has 20 heavy (non-hydrogen) atoms. The number of aryl methyl sites for hydroxylation is 3. The van der Waals surface area contributed by atoms with E-state index in [2.05, 4.69) is 48.7 Å². The quantitative estimate of drug-likeness (QED) is 0.846. The van der Waals surface area contributed by atoms with E-state index < -0.39 is 0 Å². The van der Waals surface area contributed by atoms with Crippen molar-refractivity contribution in [1.29, 1.82) is 0 Å². The molecule has 1 N–H and O–H groups in total. The zero-order chi connectivity index (χ0) is 14.5. The summed E-state index contributed by atoms with van der Waals surface area (Å²) in [5, 5.41) is 10.4. The molecule has 0 spiro atoms. The van der Waals surface area contributed by atoms with Gasteiger partial charge in [-0.25, -0.2) is 0 Å². The lowest BCUT2D eigenvalue weighted by Crippen LogP contribution is -2.23. The molecule has 0 saturated heterocycles. The van der Waals surface area contributed by atoms with Gasteiger partial charge in [0.25, 0.3) is 0 Å². The molecule has 2 aromatic rings. The van der Waals surface area contributed by atoms with Crippen LogP contribution in [-0.2, 0) is 26.3 Å². The number of nitrogens with zero attached hydrogens (tertiary/aromatic N) is 2. The molecular formula is C16H25N3S. The molecule has 0 aliphatic heterocycles. The molecule has 110 valence electrons. The van der Waals surface area contributed by atoms with Gasteiger partial charge in [0, 0.05) is 30.1 Å². The van der Waals surface area contributed by atoms with Gasteiger partial charge in [-0.15, -0.1) is 11.3 Å². The number of hydrogen-bond donors (Lipinski definition) is 1. The highest BCUT2D eigenvalue weighted by Gasteiger charge is 2.18. The fraction of sp³-hybridized carbons (Fsp3) is 0.562. The Morgan fingerprint density at radius 1 is 1.30 bits per heavy atom. The van der Waals surface area contributed by atoms with Crippen LogP contribution in [0.25, 0.3) is 0 Å². The average Bonchev–Trinajstić information content (AvgIpc) is 3.05. The van der Waals surface area contributed by atoms with E-state index >= 15 is 0 Å². The van der Waals surface area contributed by atoms with E-state index in [-0.39, 0.29) is 0 Å². The Kier molecular flexibility index (Phi) is 5.38. The van der Waals surface area contributed by atoms with Crippen molar-refractivity contribution in [2.45, 2.75) is 46.1 Å². The van der Waals surface area contributed by atoms with Gasteiger partial charge >= 0.3 is 0 Å². The lowest BCUT2D eigenvalue weighted by atomic mass is 10.0. The third-order valence-electron chi connectivity index (χ3n) is 3.73. The molecule has 0 amide bonds. The third kappa shape index (κ3) is 3.30. The maximum Gasteiger partial charge on any atom is 0.0624 e. The van der Waals surface area contributed by atoms with Crippen LogP contribution < -0.4 is 5.32 Å². The van der Waals surface area contributed by atoms with E-state index in [1.807, 2.05) is 23.1 Å². The van der Waals surface area contributed by atoms with Gasteiger partial charge in [0.1, 0.15) is 0 Å². The molecular weight excluding hydrogens is 266 g/mol. The van der Waals surface area contributed by atoms with E-state index in [9.17, 15) is 0 Å². The van der Waals surface area contributed by atoms with Crippen molar-refractivity contribution in [2.75, 3.05) is 6.54 Å². The second-order valence-corrected chi connectivity index (χ2v) is 6.03. The number of rotatable bonds is 7. The van der Waals surface area contributed by atoms with Crippen LogP contribution in [-0.4, -0.2) is 16.3 Å². The number of nitrogens with one attached hydrogen (secondary N) is 1. The molecule has 0 aromatic carbocycles. The van der Waals surface area contributed by atoms with E-state index in [1.54, 1.807) is 0 Å². The molecule has 4 heteroatoms. The SMILES string of the molecule is CCNC(Cc1cc(CC)nn1C)c1sccc1CC. The summed E-state index contributed by atoms with van der Waals surface area (Å²) < 4.78 is 2.03. The number of likely N-dealkylation sites (N-methyl/N-ethyl adjacent to an activating group) is 1. The standard InChI is InChI=1S/C16H25N3S/c1-5-12-8-9-20-16(12)15(17-7-3)11-14-10-13(6-2)18-19(14)4/h8-10,15,17H,5-7,11H2,1-4H3. The van der Waals surface area contributed by atoms with Gasteiger partial charge in [-0.05, 0) is 42.5 Å². The summed E-state index contributed by atoms with van der Waals surface area (Å²) in [6.07, 6.45) is 3.11. The molecule has 0 aliphatic carbocycles. The van der Waals surface area contributed by atoms with Crippen molar-refractivity contribution >= 4 is 11.3 Å². The first-order valence-electron chi connectivity index (χ1n) is 7.50. The summed E-state index contributed by atoms with van der Waals surface area (Å²) in [7, 11) is 2.05. The van der Waals surface area contributed by atoms with Crippen LogP contribution in [0.15, 0.2) is 17.5 Å². The molecule has 0 bridgehead atoms. The lowest BCUT2D eigenvalue weighted by Gasteiger charge is -2.18. The van der Waals surface area contributed by atoms with Gasteiger partial charge in [0.15, 0.2) is 0 Å². The molecule has 2 aromatic heterocycles. The topological polar surface area (TPSA) is 29.9 Å². The molecule has 2 rings (SSSR count). The molecule has 1 unspecified atom stereocenters. The average molecular weight is 291 g/mol. The summed E-state index contributed by atoms with van der Waals surface area (Å²) in [5.41, 5.74) is 3.96. The van der Waals surface area contributed by atoms with Gasteiger partial charge in [0.2, 0.25) is 0 Å². The maximum absolute atomic E-state index is 4.56.